The highest BCUT2D eigenvalue weighted by Crippen LogP contribution is 2.22. The average molecular weight is 277 g/mol. The van der Waals surface area contributed by atoms with Crippen LogP contribution in [0.2, 0.25) is 0 Å². The van der Waals surface area contributed by atoms with Crippen molar-refractivity contribution in [2.24, 2.45) is 0 Å². The summed E-state index contributed by atoms with van der Waals surface area (Å²) >= 11 is 0. The Morgan fingerprint density at radius 2 is 2.30 bits per heavy atom. The van der Waals surface area contributed by atoms with Crippen LogP contribution in [-0.2, 0) is 6.54 Å². The molecule has 1 N–H and O–H groups in total. The minimum atomic E-state index is -1.49. The van der Waals surface area contributed by atoms with E-state index in [1.54, 1.807) is 12.1 Å². The molecule has 104 valence electrons. The van der Waals surface area contributed by atoms with Crippen LogP contribution in [0.3, 0.4) is 0 Å². The third kappa shape index (κ3) is 2.91. The van der Waals surface area contributed by atoms with E-state index in [1.807, 2.05) is 6.92 Å². The molecule has 0 aliphatic carbocycles. The van der Waals surface area contributed by atoms with Gasteiger partial charge in [-0.3, -0.25) is 14.7 Å². The lowest BCUT2D eigenvalue weighted by Gasteiger charge is -2.07. The van der Waals surface area contributed by atoms with Crippen molar-refractivity contribution in [2.45, 2.75) is 13.5 Å². The van der Waals surface area contributed by atoms with Gasteiger partial charge in [0.15, 0.2) is 0 Å². The van der Waals surface area contributed by atoms with E-state index in [1.165, 1.54) is 23.0 Å². The summed E-state index contributed by atoms with van der Waals surface area (Å²) in [6.45, 7) is 1.91. The van der Waals surface area contributed by atoms with Crippen LogP contribution in [0.25, 0.3) is 0 Å². The molecular formula is C12H11N3O5. The molecule has 2 aromatic rings. The predicted octanol–water partition coefficient (Wildman–Crippen LogP) is 2.20. The van der Waals surface area contributed by atoms with E-state index in [-0.39, 0.29) is 18.2 Å². The maximum absolute atomic E-state index is 11.0. The van der Waals surface area contributed by atoms with Crippen LogP contribution < -0.4 is 4.74 Å². The summed E-state index contributed by atoms with van der Waals surface area (Å²) in [5, 5.41) is 19.6. The van der Waals surface area contributed by atoms with E-state index in [2.05, 4.69) is 9.72 Å². The van der Waals surface area contributed by atoms with Gasteiger partial charge in [-0.2, -0.15) is 0 Å². The van der Waals surface area contributed by atoms with Gasteiger partial charge in [0.2, 0.25) is 0 Å². The Balaban J connectivity index is 2.35. The fourth-order valence-corrected chi connectivity index (χ4v) is 1.80. The van der Waals surface area contributed by atoms with Crippen molar-refractivity contribution in [1.82, 2.24) is 9.55 Å². The van der Waals surface area contributed by atoms with Crippen LogP contribution in [0.4, 0.5) is 10.5 Å². The molecule has 20 heavy (non-hydrogen) atoms. The number of carbonyl (C=O) groups is 1. The first-order valence-corrected chi connectivity index (χ1v) is 5.63. The molecule has 1 aromatic heterocycles. The number of aromatic nitrogens is 2. The molecule has 8 heteroatoms. The number of nitrogens with zero attached hydrogens (tertiary/aromatic N) is 3. The van der Waals surface area contributed by atoms with Crippen LogP contribution in [0.15, 0.2) is 30.6 Å². The number of imidazole rings is 1. The van der Waals surface area contributed by atoms with Gasteiger partial charge < -0.3 is 9.84 Å². The minimum absolute atomic E-state index is 0.0365. The van der Waals surface area contributed by atoms with E-state index >= 15 is 0 Å². The van der Waals surface area contributed by atoms with Gasteiger partial charge >= 0.3 is 12.2 Å². The Kier molecular flexibility index (Phi) is 3.65. The Bertz CT molecular complexity index is 665. The molecule has 0 bridgehead atoms. The van der Waals surface area contributed by atoms with Crippen LogP contribution in [0, 0.1) is 17.0 Å². The normalized spacial score (nSPS) is 10.2. The van der Waals surface area contributed by atoms with Gasteiger partial charge in [0.1, 0.15) is 0 Å². The van der Waals surface area contributed by atoms with Crippen molar-refractivity contribution >= 4 is 11.8 Å². The molecule has 1 aromatic carbocycles. The average Bonchev–Trinajstić information content (AvgIpc) is 2.75. The van der Waals surface area contributed by atoms with Crippen molar-refractivity contribution < 1.29 is 19.6 Å². The summed E-state index contributed by atoms with van der Waals surface area (Å²) < 4.78 is 5.87. The molecule has 0 radical (unpaired) electrons. The van der Waals surface area contributed by atoms with E-state index in [9.17, 15) is 14.9 Å². The van der Waals surface area contributed by atoms with Crippen LogP contribution >= 0.6 is 0 Å². The molecule has 0 saturated carbocycles. The molecule has 0 aliphatic heterocycles. The molecule has 0 aliphatic rings. The first-order chi connectivity index (χ1) is 9.47. The largest absolute Gasteiger partial charge is 0.513 e. The Morgan fingerprint density at radius 1 is 1.55 bits per heavy atom. The fourth-order valence-electron chi connectivity index (χ4n) is 1.80. The number of nitro benzene ring substituents is 1. The summed E-state index contributed by atoms with van der Waals surface area (Å²) in [5.41, 5.74) is 1.28. The highest BCUT2D eigenvalue weighted by Gasteiger charge is 2.16. The lowest BCUT2D eigenvalue weighted by molar-refractivity contribution is -0.385. The monoisotopic (exact) mass is 277 g/mol. The molecular weight excluding hydrogens is 266 g/mol. The van der Waals surface area contributed by atoms with Crippen LogP contribution in [-0.4, -0.2) is 25.7 Å². The fraction of sp³-hybridized carbons (Fsp3) is 0.167. The van der Waals surface area contributed by atoms with Crippen molar-refractivity contribution in [3.8, 4) is 6.01 Å². The van der Waals surface area contributed by atoms with E-state index in [0.29, 0.717) is 5.56 Å². The Hall–Kier alpha value is -2.90. The highest BCUT2D eigenvalue weighted by molar-refractivity contribution is 5.59. The number of ether oxygens (including phenoxy) is 1. The Morgan fingerprint density at radius 3 is 2.95 bits per heavy atom. The number of benzene rings is 1. The van der Waals surface area contributed by atoms with Gasteiger partial charge in [-0.1, -0.05) is 11.6 Å². The molecule has 0 fully saturated rings. The summed E-state index contributed by atoms with van der Waals surface area (Å²) in [6.07, 6.45) is 1.36. The second-order valence-corrected chi connectivity index (χ2v) is 4.09. The van der Waals surface area contributed by atoms with E-state index in [4.69, 9.17) is 5.11 Å². The second kappa shape index (κ2) is 5.39. The maximum Gasteiger partial charge on any atom is 0.513 e. The standard InChI is InChI=1S/C12H11N3O5/c1-8-2-3-10(15(18)19)9(6-8)7-14-5-4-13-11(14)20-12(16)17/h2-6H,7H2,1H3,(H,16,17). The molecule has 0 spiro atoms. The lowest BCUT2D eigenvalue weighted by Crippen LogP contribution is -2.10. The first kappa shape index (κ1) is 13.5. The molecule has 8 nitrogen and oxygen atoms in total. The molecule has 0 amide bonds. The number of hydrogen-bond acceptors (Lipinski definition) is 5. The van der Waals surface area contributed by atoms with Crippen molar-refractivity contribution in [3.05, 3.63) is 51.8 Å². The SMILES string of the molecule is Cc1ccc([N+](=O)[O-])c(Cn2ccnc2OC(=O)O)c1. The predicted molar refractivity (Wildman–Crippen MR) is 67.8 cm³/mol. The number of nitro groups is 1. The molecule has 0 atom stereocenters. The third-order valence-electron chi connectivity index (χ3n) is 2.63. The molecule has 0 saturated heterocycles. The number of aryl methyl sites for hydroxylation is 1. The van der Waals surface area contributed by atoms with Crippen molar-refractivity contribution in [1.29, 1.82) is 0 Å². The van der Waals surface area contributed by atoms with Gasteiger partial charge in [-0.15, -0.1) is 0 Å². The van der Waals surface area contributed by atoms with E-state index < -0.39 is 11.1 Å². The highest BCUT2D eigenvalue weighted by atomic mass is 16.7. The van der Waals surface area contributed by atoms with Crippen molar-refractivity contribution in [3.63, 3.8) is 0 Å². The topological polar surface area (TPSA) is 107 Å². The quantitative estimate of drug-likeness (QED) is 0.521. The Labute approximate surface area is 113 Å². The van der Waals surface area contributed by atoms with E-state index in [0.717, 1.165) is 5.56 Å². The first-order valence-electron chi connectivity index (χ1n) is 5.63. The smallest absolute Gasteiger partial charge is 0.449 e. The zero-order valence-electron chi connectivity index (χ0n) is 10.5. The van der Waals surface area contributed by atoms with Gasteiger partial charge in [0.25, 0.3) is 5.69 Å². The number of rotatable bonds is 4. The summed E-state index contributed by atoms with van der Waals surface area (Å²) in [5.74, 6) is 0. The van der Waals surface area contributed by atoms with Gasteiger partial charge in [0, 0.05) is 24.0 Å². The number of carboxylic acid groups (broad SMARTS) is 1. The molecule has 0 unspecified atom stereocenters. The zero-order valence-corrected chi connectivity index (χ0v) is 10.5. The number of hydrogen-bond donors (Lipinski definition) is 1. The third-order valence-corrected chi connectivity index (χ3v) is 2.63. The van der Waals surface area contributed by atoms with Gasteiger partial charge in [-0.05, 0) is 13.0 Å². The summed E-state index contributed by atoms with van der Waals surface area (Å²) in [7, 11) is 0. The van der Waals surface area contributed by atoms with Gasteiger partial charge in [-0.25, -0.2) is 9.78 Å². The van der Waals surface area contributed by atoms with Crippen molar-refractivity contribution in [2.75, 3.05) is 0 Å². The molecule has 2 rings (SSSR count). The summed E-state index contributed by atoms with van der Waals surface area (Å²) in [4.78, 5) is 24.8. The summed E-state index contributed by atoms with van der Waals surface area (Å²) in [6, 6.07) is 4.60. The van der Waals surface area contributed by atoms with Crippen LogP contribution in [0.1, 0.15) is 11.1 Å². The molecule has 1 heterocycles. The lowest BCUT2D eigenvalue weighted by atomic mass is 10.1. The second-order valence-electron chi connectivity index (χ2n) is 4.09. The van der Waals surface area contributed by atoms with Crippen LogP contribution in [0.5, 0.6) is 6.01 Å². The maximum atomic E-state index is 11.0. The zero-order chi connectivity index (χ0) is 14.7. The van der Waals surface area contributed by atoms with Gasteiger partial charge in [0.05, 0.1) is 11.5 Å². The minimum Gasteiger partial charge on any atom is -0.449 e.